The van der Waals surface area contributed by atoms with Crippen LogP contribution < -0.4 is 5.32 Å². The first kappa shape index (κ1) is 21.7. The number of hydrogen-bond donors (Lipinski definition) is 2. The minimum Gasteiger partial charge on any atom is -0.388 e. The average molecular weight is 406 g/mol. The van der Waals surface area contributed by atoms with Crippen molar-refractivity contribution in [3.63, 3.8) is 0 Å². The van der Waals surface area contributed by atoms with Gasteiger partial charge in [0.05, 0.1) is 12.0 Å². The SMILES string of the molecule is CC(=O)NC1CCN(C[C@@]2(O)CCCN(C(=O)Cc3cccc(F)c3)CC2)CC1. The molecule has 0 aromatic heterocycles. The summed E-state index contributed by atoms with van der Waals surface area (Å²) in [5.41, 5.74) is -0.120. The van der Waals surface area contributed by atoms with Crippen molar-refractivity contribution in [3.05, 3.63) is 35.6 Å². The van der Waals surface area contributed by atoms with E-state index in [1.807, 2.05) is 0 Å². The lowest BCUT2D eigenvalue weighted by molar-refractivity contribution is -0.130. The number of halogens is 1. The van der Waals surface area contributed by atoms with Crippen molar-refractivity contribution in [2.24, 2.45) is 0 Å². The van der Waals surface area contributed by atoms with E-state index < -0.39 is 5.60 Å². The Kier molecular flexibility index (Phi) is 7.24. The summed E-state index contributed by atoms with van der Waals surface area (Å²) in [7, 11) is 0. The molecule has 0 saturated carbocycles. The summed E-state index contributed by atoms with van der Waals surface area (Å²) in [5, 5.41) is 14.1. The fraction of sp³-hybridized carbons (Fsp3) is 0.636. The Morgan fingerprint density at radius 1 is 1.21 bits per heavy atom. The van der Waals surface area contributed by atoms with Crippen LogP contribution in [0.3, 0.4) is 0 Å². The summed E-state index contributed by atoms with van der Waals surface area (Å²) in [6.07, 6.45) is 3.96. The van der Waals surface area contributed by atoms with E-state index in [0.717, 1.165) is 32.4 Å². The van der Waals surface area contributed by atoms with Crippen LogP contribution in [-0.4, -0.2) is 71.1 Å². The molecule has 1 aromatic rings. The normalized spacial score (nSPS) is 24.2. The number of aliphatic hydroxyl groups is 1. The van der Waals surface area contributed by atoms with Gasteiger partial charge in [-0.05, 0) is 49.8 Å². The maximum Gasteiger partial charge on any atom is 0.226 e. The first-order chi connectivity index (χ1) is 13.8. The zero-order chi connectivity index (χ0) is 20.9. The zero-order valence-corrected chi connectivity index (χ0v) is 17.2. The van der Waals surface area contributed by atoms with Crippen molar-refractivity contribution >= 4 is 11.8 Å². The Labute approximate surface area is 172 Å². The molecule has 2 fully saturated rings. The number of carbonyl (C=O) groups is 2. The van der Waals surface area contributed by atoms with Crippen LogP contribution in [0.2, 0.25) is 0 Å². The van der Waals surface area contributed by atoms with Crippen LogP contribution >= 0.6 is 0 Å². The quantitative estimate of drug-likeness (QED) is 0.782. The number of piperidine rings is 1. The standard InChI is InChI=1S/C22H32FN3O3/c1-17(27)24-20-6-11-25(12-7-20)16-22(29)8-3-10-26(13-9-22)21(28)15-18-4-2-5-19(23)14-18/h2,4-5,14,20,29H,3,6-13,15-16H2,1H3,(H,24,27)/t22-/m1/s1. The molecular formula is C22H32FN3O3. The number of hydrogen-bond acceptors (Lipinski definition) is 4. The van der Waals surface area contributed by atoms with Gasteiger partial charge >= 0.3 is 0 Å². The highest BCUT2D eigenvalue weighted by Crippen LogP contribution is 2.25. The van der Waals surface area contributed by atoms with Crippen molar-refractivity contribution in [2.45, 2.75) is 57.1 Å². The summed E-state index contributed by atoms with van der Waals surface area (Å²) in [4.78, 5) is 27.9. The van der Waals surface area contributed by atoms with Crippen LogP contribution in [0.25, 0.3) is 0 Å². The summed E-state index contributed by atoms with van der Waals surface area (Å²) in [6.45, 7) is 5.01. The minimum atomic E-state index is -0.797. The molecule has 29 heavy (non-hydrogen) atoms. The number of rotatable bonds is 5. The van der Waals surface area contributed by atoms with Gasteiger partial charge in [0.1, 0.15) is 5.82 Å². The van der Waals surface area contributed by atoms with Crippen molar-refractivity contribution in [2.75, 3.05) is 32.7 Å². The predicted octanol–water partition coefficient (Wildman–Crippen LogP) is 1.71. The lowest BCUT2D eigenvalue weighted by Gasteiger charge is -2.38. The lowest BCUT2D eigenvalue weighted by Crippen LogP contribution is -2.50. The summed E-state index contributed by atoms with van der Waals surface area (Å²) in [5.74, 6) is -0.340. The Balaban J connectivity index is 1.48. The van der Waals surface area contributed by atoms with Gasteiger partial charge in [-0.15, -0.1) is 0 Å². The number of likely N-dealkylation sites (tertiary alicyclic amines) is 2. The second-order valence-electron chi connectivity index (χ2n) is 8.52. The van der Waals surface area contributed by atoms with E-state index in [1.54, 1.807) is 24.0 Å². The molecule has 0 bridgehead atoms. The van der Waals surface area contributed by atoms with E-state index in [9.17, 15) is 19.1 Å². The van der Waals surface area contributed by atoms with E-state index in [2.05, 4.69) is 10.2 Å². The molecule has 7 heteroatoms. The Hall–Kier alpha value is -1.99. The van der Waals surface area contributed by atoms with Gasteiger partial charge in [0.2, 0.25) is 11.8 Å². The zero-order valence-electron chi connectivity index (χ0n) is 17.2. The third kappa shape index (κ3) is 6.51. The molecule has 6 nitrogen and oxygen atoms in total. The Bertz CT molecular complexity index is 721. The third-order valence-corrected chi connectivity index (χ3v) is 6.03. The van der Waals surface area contributed by atoms with Gasteiger partial charge < -0.3 is 20.2 Å². The van der Waals surface area contributed by atoms with Crippen molar-refractivity contribution in [1.82, 2.24) is 15.1 Å². The molecule has 2 saturated heterocycles. The molecule has 0 radical (unpaired) electrons. The number of β-amino-alcohol motifs (C(OH)–C–C–N with tert-alkyl or cyclic N) is 1. The molecule has 1 aromatic carbocycles. The van der Waals surface area contributed by atoms with Gasteiger partial charge in [0.25, 0.3) is 0 Å². The number of nitrogens with one attached hydrogen (secondary N) is 1. The molecule has 160 valence electrons. The van der Waals surface area contributed by atoms with Crippen molar-refractivity contribution in [3.8, 4) is 0 Å². The van der Waals surface area contributed by atoms with E-state index >= 15 is 0 Å². The predicted molar refractivity (Wildman–Crippen MR) is 109 cm³/mol. The van der Waals surface area contributed by atoms with Crippen LogP contribution in [0, 0.1) is 5.82 Å². The van der Waals surface area contributed by atoms with E-state index in [0.29, 0.717) is 38.0 Å². The molecule has 2 aliphatic heterocycles. The summed E-state index contributed by atoms with van der Waals surface area (Å²) < 4.78 is 13.4. The number of amides is 2. The largest absolute Gasteiger partial charge is 0.388 e. The first-order valence-corrected chi connectivity index (χ1v) is 10.6. The molecule has 3 rings (SSSR count). The van der Waals surface area contributed by atoms with Gasteiger partial charge in [-0.2, -0.15) is 0 Å². The molecule has 0 unspecified atom stereocenters. The molecule has 2 heterocycles. The van der Waals surface area contributed by atoms with Gasteiger partial charge in [0.15, 0.2) is 0 Å². The van der Waals surface area contributed by atoms with Crippen LogP contribution in [0.5, 0.6) is 0 Å². The number of nitrogens with zero attached hydrogens (tertiary/aromatic N) is 2. The fourth-order valence-corrected chi connectivity index (χ4v) is 4.46. The Morgan fingerprint density at radius 3 is 2.66 bits per heavy atom. The van der Waals surface area contributed by atoms with Gasteiger partial charge in [-0.1, -0.05) is 12.1 Å². The van der Waals surface area contributed by atoms with Crippen LogP contribution in [-0.2, 0) is 16.0 Å². The topological polar surface area (TPSA) is 72.9 Å². The number of benzene rings is 1. The smallest absolute Gasteiger partial charge is 0.226 e. The molecular weight excluding hydrogens is 373 g/mol. The van der Waals surface area contributed by atoms with Crippen LogP contribution in [0.4, 0.5) is 4.39 Å². The van der Waals surface area contributed by atoms with Crippen LogP contribution in [0.15, 0.2) is 24.3 Å². The second kappa shape index (κ2) is 9.67. The molecule has 0 aliphatic carbocycles. The molecule has 2 amide bonds. The lowest BCUT2D eigenvalue weighted by atomic mass is 9.93. The molecule has 1 atom stereocenters. The second-order valence-corrected chi connectivity index (χ2v) is 8.52. The molecule has 2 N–H and O–H groups in total. The number of carbonyl (C=O) groups excluding carboxylic acids is 2. The Morgan fingerprint density at radius 2 is 1.97 bits per heavy atom. The van der Waals surface area contributed by atoms with E-state index in [4.69, 9.17) is 0 Å². The van der Waals surface area contributed by atoms with Gasteiger partial charge in [0, 0.05) is 45.7 Å². The van der Waals surface area contributed by atoms with Gasteiger partial charge in [-0.3, -0.25) is 9.59 Å². The molecule has 0 spiro atoms. The van der Waals surface area contributed by atoms with Crippen molar-refractivity contribution < 1.29 is 19.1 Å². The van der Waals surface area contributed by atoms with Gasteiger partial charge in [-0.25, -0.2) is 4.39 Å². The highest BCUT2D eigenvalue weighted by atomic mass is 19.1. The summed E-state index contributed by atoms with van der Waals surface area (Å²) >= 11 is 0. The first-order valence-electron chi connectivity index (χ1n) is 10.6. The summed E-state index contributed by atoms with van der Waals surface area (Å²) in [6, 6.07) is 6.38. The maximum atomic E-state index is 13.4. The average Bonchev–Trinajstić information content (AvgIpc) is 2.85. The van der Waals surface area contributed by atoms with E-state index in [1.165, 1.54) is 12.1 Å². The van der Waals surface area contributed by atoms with Crippen LogP contribution in [0.1, 0.15) is 44.6 Å². The monoisotopic (exact) mass is 405 g/mol. The molecule has 2 aliphatic rings. The third-order valence-electron chi connectivity index (χ3n) is 6.03. The minimum absolute atomic E-state index is 0.00819. The highest BCUT2D eigenvalue weighted by molar-refractivity contribution is 5.78. The highest BCUT2D eigenvalue weighted by Gasteiger charge is 2.34. The fourth-order valence-electron chi connectivity index (χ4n) is 4.46. The van der Waals surface area contributed by atoms with Crippen molar-refractivity contribution in [1.29, 1.82) is 0 Å². The van der Waals surface area contributed by atoms with E-state index in [-0.39, 0.29) is 30.1 Å². The maximum absolute atomic E-state index is 13.4.